The van der Waals surface area contributed by atoms with Gasteiger partial charge < -0.3 is 44.3 Å². The maximum Gasteiger partial charge on any atom is 0.338 e. The number of hydrogen-bond donors (Lipinski definition) is 4. The van der Waals surface area contributed by atoms with E-state index in [9.17, 15) is 39.3 Å². The van der Waals surface area contributed by atoms with Crippen molar-refractivity contribution >= 4 is 35.6 Å². The fraction of sp³-hybridized carbons (Fsp3) is 0.511. The second-order valence-electron chi connectivity index (χ2n) is 17.0. The molecule has 4 N–H and O–H groups in total. The van der Waals surface area contributed by atoms with Crippen LogP contribution in [0.2, 0.25) is 0 Å². The van der Waals surface area contributed by atoms with Crippen LogP contribution in [-0.2, 0) is 47.7 Å². The summed E-state index contributed by atoms with van der Waals surface area (Å²) in [4.78, 5) is 82.9. The molecule has 2 bridgehead atoms. The predicted molar refractivity (Wildman–Crippen MR) is 211 cm³/mol. The summed E-state index contributed by atoms with van der Waals surface area (Å²) in [5.74, 6) is -6.78. The summed E-state index contributed by atoms with van der Waals surface area (Å²) in [7, 11) is 0. The molecule has 0 spiro atoms. The molecule has 6 rings (SSSR count). The zero-order valence-electron chi connectivity index (χ0n) is 34.9. The van der Waals surface area contributed by atoms with E-state index >= 15 is 4.79 Å². The summed E-state index contributed by atoms with van der Waals surface area (Å²) in [5, 5.41) is 40.0. The van der Waals surface area contributed by atoms with Crippen LogP contribution in [0.5, 0.6) is 0 Å². The Balaban J connectivity index is 1.56. The Kier molecular flexibility index (Phi) is 12.1. The number of carbonyl (C=O) groups is 6. The van der Waals surface area contributed by atoms with Crippen LogP contribution in [0.25, 0.3) is 0 Å². The molecule has 15 heteroatoms. The van der Waals surface area contributed by atoms with Crippen molar-refractivity contribution in [2.24, 2.45) is 16.7 Å². The fourth-order valence-electron chi connectivity index (χ4n) is 9.75. The zero-order valence-corrected chi connectivity index (χ0v) is 34.9. The largest absolute Gasteiger partial charge is 0.456 e. The van der Waals surface area contributed by atoms with Crippen molar-refractivity contribution in [2.75, 3.05) is 6.61 Å². The van der Waals surface area contributed by atoms with Gasteiger partial charge in [0.05, 0.1) is 35.6 Å². The highest BCUT2D eigenvalue weighted by molar-refractivity contribution is 5.96. The number of aliphatic hydroxyl groups is 3. The summed E-state index contributed by atoms with van der Waals surface area (Å²) < 4.78 is 30.2. The van der Waals surface area contributed by atoms with Crippen molar-refractivity contribution in [2.45, 2.75) is 122 Å². The highest BCUT2D eigenvalue weighted by Crippen LogP contribution is 2.64. The Hall–Kier alpha value is -5.22. The van der Waals surface area contributed by atoms with Gasteiger partial charge in [-0.2, -0.15) is 0 Å². The number of rotatable bonds is 10. The first-order chi connectivity index (χ1) is 28.1. The van der Waals surface area contributed by atoms with Crippen LogP contribution >= 0.6 is 0 Å². The van der Waals surface area contributed by atoms with E-state index in [-0.39, 0.29) is 29.7 Å². The highest BCUT2D eigenvalue weighted by atomic mass is 16.6. The van der Waals surface area contributed by atoms with E-state index in [4.69, 9.17) is 23.7 Å². The van der Waals surface area contributed by atoms with Crippen molar-refractivity contribution in [1.29, 1.82) is 0 Å². The molecule has 2 aromatic rings. The third-order valence-corrected chi connectivity index (χ3v) is 13.2. The maximum absolute atomic E-state index is 15.4. The molecule has 3 fully saturated rings. The Morgan fingerprint density at radius 1 is 0.917 bits per heavy atom. The number of Topliss-reactive ketones (excluding diaryl/α,β-unsaturated/α-hetero) is 1. The van der Waals surface area contributed by atoms with Gasteiger partial charge in [0.1, 0.15) is 23.9 Å². The second-order valence-corrected chi connectivity index (χ2v) is 17.0. The average molecular weight is 832 g/mol. The third-order valence-electron chi connectivity index (χ3n) is 13.2. The molecule has 1 amide bonds. The van der Waals surface area contributed by atoms with E-state index in [1.807, 2.05) is 0 Å². The van der Waals surface area contributed by atoms with E-state index < -0.39 is 113 Å². The smallest absolute Gasteiger partial charge is 0.338 e. The van der Waals surface area contributed by atoms with E-state index in [1.54, 1.807) is 82.3 Å². The van der Waals surface area contributed by atoms with Gasteiger partial charge in [0.15, 0.2) is 23.6 Å². The van der Waals surface area contributed by atoms with E-state index in [0.29, 0.717) is 11.1 Å². The van der Waals surface area contributed by atoms with Crippen LogP contribution < -0.4 is 5.32 Å². The topological polar surface area (TPSA) is 221 Å². The third kappa shape index (κ3) is 7.24. The summed E-state index contributed by atoms with van der Waals surface area (Å²) in [6.45, 7) is 11.2. The van der Waals surface area contributed by atoms with Gasteiger partial charge in [-0.3, -0.25) is 19.2 Å². The molecule has 11 atom stereocenters. The number of amides is 1. The number of esters is 4. The minimum atomic E-state index is -2.38. The molecule has 0 radical (unpaired) electrons. The standard InChI is InChI=1S/C45H53NO14/c1-9-23(2)39(52)46-33(27-16-12-10-13-17-27)34(50)41(54)58-29-21-45(55)38(59-40(53)28-18-14-11-15-19-28)36-43(8,30(49)20-31-44(36,22-56-31)60-26(5)48)37(51)35(57-25(4)47)32(24(29)3)42(45,6)7/h9-19,29-31,33-36,38,49-50,55H,20-22H2,1-8H3,(H,46,52)/b23-9-/t29-,30+,31+,33-,34+,35+,36-,38-,43+,44-,45+/m0/s1. The highest BCUT2D eigenvalue weighted by Gasteiger charge is 2.78. The number of allylic oxidation sites excluding steroid dienone is 1. The zero-order chi connectivity index (χ0) is 44.1. The molecule has 0 aromatic heterocycles. The predicted octanol–water partition coefficient (Wildman–Crippen LogP) is 3.39. The minimum absolute atomic E-state index is 0.00140. The molecule has 15 nitrogen and oxygen atoms in total. The van der Waals surface area contributed by atoms with Crippen LogP contribution in [0.3, 0.4) is 0 Å². The summed E-state index contributed by atoms with van der Waals surface area (Å²) in [6, 6.07) is 14.8. The lowest BCUT2D eigenvalue weighted by atomic mass is 9.44. The first-order valence-electron chi connectivity index (χ1n) is 19.9. The van der Waals surface area contributed by atoms with Crippen LogP contribution in [-0.4, -0.2) is 105 Å². The van der Waals surface area contributed by atoms with Gasteiger partial charge in [0.25, 0.3) is 0 Å². The van der Waals surface area contributed by atoms with Crippen molar-refractivity contribution in [1.82, 2.24) is 5.32 Å². The minimum Gasteiger partial charge on any atom is -0.456 e. The number of benzene rings is 2. The van der Waals surface area contributed by atoms with Crippen molar-refractivity contribution in [3.05, 3.63) is 94.6 Å². The second kappa shape index (κ2) is 16.3. The lowest BCUT2D eigenvalue weighted by Gasteiger charge is -2.67. The first-order valence-corrected chi connectivity index (χ1v) is 19.9. The normalized spacial score (nSPS) is 32.9. The van der Waals surface area contributed by atoms with Crippen LogP contribution in [0, 0.1) is 16.7 Å². The SMILES string of the molecule is C/C=C(/C)C(=O)N[C@@H](c1ccccc1)[C@@H](O)C(=O)O[C@H]1C[C@@]2(O)[C@@H](OC(=O)c3ccccc3)[C@@H]3[C@]4(OC(C)=O)CO[C@@H]4C[C@@H](O)[C@@]3(C)C(=O)[C@H](OC(C)=O)C(=C1C)C2(C)C. The molecule has 0 unspecified atom stereocenters. The lowest BCUT2D eigenvalue weighted by molar-refractivity contribution is -0.346. The van der Waals surface area contributed by atoms with Gasteiger partial charge in [-0.05, 0) is 56.5 Å². The maximum atomic E-state index is 15.4. The average Bonchev–Trinajstić information content (AvgIpc) is 3.20. The van der Waals surface area contributed by atoms with Crippen LogP contribution in [0.4, 0.5) is 0 Å². The molecular formula is C45H53NO14. The molecule has 4 aliphatic rings. The number of ketones is 1. The fourth-order valence-corrected chi connectivity index (χ4v) is 9.75. The molecule has 3 aliphatic carbocycles. The number of aliphatic hydroxyl groups excluding tert-OH is 2. The lowest BCUT2D eigenvalue weighted by Crippen LogP contribution is -2.82. The first kappa shape index (κ1) is 44.3. The molecule has 322 valence electrons. The molecule has 2 saturated carbocycles. The van der Waals surface area contributed by atoms with Crippen molar-refractivity contribution < 1.29 is 67.8 Å². The number of nitrogens with one attached hydrogen (secondary N) is 1. The summed E-state index contributed by atoms with van der Waals surface area (Å²) >= 11 is 0. The number of fused-ring (bicyclic) bond motifs is 5. The van der Waals surface area contributed by atoms with Gasteiger partial charge >= 0.3 is 23.9 Å². The van der Waals surface area contributed by atoms with E-state index in [2.05, 4.69) is 5.32 Å². The van der Waals surface area contributed by atoms with Gasteiger partial charge in [0, 0.05) is 37.7 Å². The summed E-state index contributed by atoms with van der Waals surface area (Å²) in [5.41, 5.74) is -6.91. The Morgan fingerprint density at radius 3 is 2.08 bits per heavy atom. The Morgan fingerprint density at radius 2 is 1.53 bits per heavy atom. The molecule has 1 heterocycles. The monoisotopic (exact) mass is 831 g/mol. The van der Waals surface area contributed by atoms with Crippen LogP contribution in [0.1, 0.15) is 90.2 Å². The molecule has 60 heavy (non-hydrogen) atoms. The molecule has 2 aromatic carbocycles. The van der Waals surface area contributed by atoms with Gasteiger partial charge in [-0.1, -0.05) is 68.5 Å². The molecule has 1 saturated heterocycles. The summed E-state index contributed by atoms with van der Waals surface area (Å²) in [6.07, 6.45) is -8.88. The van der Waals surface area contributed by atoms with E-state index in [0.717, 1.165) is 13.8 Å². The quantitative estimate of drug-likeness (QED) is 0.117. The van der Waals surface area contributed by atoms with Crippen LogP contribution in [0.15, 0.2) is 83.5 Å². The molecule has 1 aliphatic heterocycles. The molecular weight excluding hydrogens is 778 g/mol. The van der Waals surface area contributed by atoms with Crippen molar-refractivity contribution in [3.8, 4) is 0 Å². The Labute approximate surface area is 348 Å². The number of carbonyl (C=O) groups excluding carboxylic acids is 6. The van der Waals surface area contributed by atoms with Gasteiger partial charge in [-0.15, -0.1) is 0 Å². The Bertz CT molecular complexity index is 2110. The van der Waals surface area contributed by atoms with Gasteiger partial charge in [0.2, 0.25) is 5.91 Å². The van der Waals surface area contributed by atoms with Gasteiger partial charge in [-0.25, -0.2) is 9.59 Å². The van der Waals surface area contributed by atoms with E-state index in [1.165, 1.54) is 26.0 Å². The number of hydrogen-bond acceptors (Lipinski definition) is 14. The van der Waals surface area contributed by atoms with Crippen molar-refractivity contribution in [3.63, 3.8) is 0 Å². The number of ether oxygens (including phenoxy) is 5.